The van der Waals surface area contributed by atoms with Crippen molar-refractivity contribution in [1.29, 1.82) is 0 Å². The molecule has 1 aliphatic rings. The summed E-state index contributed by atoms with van der Waals surface area (Å²) >= 11 is 1.67. The van der Waals surface area contributed by atoms with E-state index >= 15 is 0 Å². The summed E-state index contributed by atoms with van der Waals surface area (Å²) in [5.41, 5.74) is 1.46. The third-order valence-corrected chi connectivity index (χ3v) is 2.46. The minimum absolute atomic E-state index is 0.968. The number of nitrogens with one attached hydrogen (secondary N) is 1. The third-order valence-electron chi connectivity index (χ3n) is 1.46. The van der Waals surface area contributed by atoms with Crippen LogP contribution in [-0.2, 0) is 0 Å². The highest BCUT2D eigenvalue weighted by molar-refractivity contribution is 8.16. The first-order valence-electron chi connectivity index (χ1n) is 3.42. The average molecular weight is 156 g/mol. The number of hydrogen-bond acceptors (Lipinski definition) is 2. The molecule has 0 spiro atoms. The minimum atomic E-state index is 0.968. The van der Waals surface area contributed by atoms with Gasteiger partial charge in [0.15, 0.2) is 5.17 Å². The summed E-state index contributed by atoms with van der Waals surface area (Å²) in [6, 6.07) is 0. The summed E-state index contributed by atoms with van der Waals surface area (Å²) in [7, 11) is 1.81. The first-order chi connectivity index (χ1) is 4.86. The highest BCUT2D eigenvalue weighted by Crippen LogP contribution is 2.14. The van der Waals surface area contributed by atoms with Crippen LogP contribution in [-0.4, -0.2) is 18.8 Å². The van der Waals surface area contributed by atoms with Crippen LogP contribution in [0.15, 0.2) is 16.0 Å². The maximum atomic E-state index is 4.04. The Morgan fingerprint density at radius 1 is 1.80 bits per heavy atom. The Kier molecular flexibility index (Phi) is 2.81. The third kappa shape index (κ3) is 1.77. The standard InChI is InChI=1S/C7H12N2S/c1-3-6-4-9-7(8-2)10-5-6/h5H,3-4H2,1-2H3,(H,8,9). The Labute approximate surface area is 65.8 Å². The monoisotopic (exact) mass is 156 g/mol. The lowest BCUT2D eigenvalue weighted by Crippen LogP contribution is -2.25. The molecule has 1 N–H and O–H groups in total. The van der Waals surface area contributed by atoms with Gasteiger partial charge in [-0.05, 0) is 17.4 Å². The Balaban J connectivity index is 2.52. The summed E-state index contributed by atoms with van der Waals surface area (Å²) in [6.45, 7) is 3.14. The number of aliphatic imine (C=N–C) groups is 1. The molecule has 56 valence electrons. The zero-order valence-electron chi connectivity index (χ0n) is 6.35. The van der Waals surface area contributed by atoms with Gasteiger partial charge in [-0.3, -0.25) is 4.99 Å². The average Bonchev–Trinajstić information content (AvgIpc) is 2.05. The van der Waals surface area contributed by atoms with Crippen LogP contribution >= 0.6 is 11.8 Å². The molecule has 0 saturated heterocycles. The second-order valence-electron chi connectivity index (χ2n) is 2.13. The summed E-state index contributed by atoms with van der Waals surface area (Å²) in [5, 5.41) is 6.42. The van der Waals surface area contributed by atoms with E-state index in [1.54, 1.807) is 18.8 Å². The van der Waals surface area contributed by atoms with E-state index in [1.807, 2.05) is 0 Å². The molecule has 0 aromatic carbocycles. The number of amidine groups is 1. The van der Waals surface area contributed by atoms with E-state index in [0.717, 1.165) is 18.1 Å². The highest BCUT2D eigenvalue weighted by atomic mass is 32.2. The Morgan fingerprint density at radius 2 is 2.60 bits per heavy atom. The smallest absolute Gasteiger partial charge is 0.160 e. The van der Waals surface area contributed by atoms with Gasteiger partial charge in [-0.1, -0.05) is 18.7 Å². The summed E-state index contributed by atoms with van der Waals surface area (Å²) in [6.07, 6.45) is 1.14. The zero-order valence-corrected chi connectivity index (χ0v) is 7.16. The van der Waals surface area contributed by atoms with Gasteiger partial charge in [-0.2, -0.15) is 0 Å². The van der Waals surface area contributed by atoms with Gasteiger partial charge in [-0.25, -0.2) is 0 Å². The van der Waals surface area contributed by atoms with Crippen LogP contribution in [0, 0.1) is 0 Å². The second-order valence-corrected chi connectivity index (χ2v) is 2.99. The van der Waals surface area contributed by atoms with Crippen molar-refractivity contribution in [2.45, 2.75) is 13.3 Å². The van der Waals surface area contributed by atoms with E-state index in [1.165, 1.54) is 5.57 Å². The number of rotatable bonds is 1. The molecule has 10 heavy (non-hydrogen) atoms. The largest absolute Gasteiger partial charge is 0.361 e. The lowest BCUT2D eigenvalue weighted by atomic mass is 10.2. The van der Waals surface area contributed by atoms with Gasteiger partial charge in [0.1, 0.15) is 0 Å². The van der Waals surface area contributed by atoms with Crippen molar-refractivity contribution < 1.29 is 0 Å². The van der Waals surface area contributed by atoms with Crippen LogP contribution < -0.4 is 5.32 Å². The van der Waals surface area contributed by atoms with Crippen molar-refractivity contribution >= 4 is 16.9 Å². The number of hydrogen-bond donors (Lipinski definition) is 1. The fourth-order valence-corrected chi connectivity index (χ4v) is 1.54. The molecule has 0 aliphatic carbocycles. The van der Waals surface area contributed by atoms with Gasteiger partial charge in [0.05, 0.1) is 0 Å². The maximum absolute atomic E-state index is 4.04. The van der Waals surface area contributed by atoms with Crippen molar-refractivity contribution in [1.82, 2.24) is 5.32 Å². The molecule has 1 rings (SSSR count). The van der Waals surface area contributed by atoms with Gasteiger partial charge in [0, 0.05) is 13.6 Å². The lowest BCUT2D eigenvalue weighted by molar-refractivity contribution is 0.927. The van der Waals surface area contributed by atoms with Crippen molar-refractivity contribution in [3.8, 4) is 0 Å². The van der Waals surface area contributed by atoms with E-state index in [0.29, 0.717) is 0 Å². The predicted octanol–water partition coefficient (Wildman–Crippen LogP) is 1.60. The van der Waals surface area contributed by atoms with Gasteiger partial charge in [0.25, 0.3) is 0 Å². The molecule has 0 unspecified atom stereocenters. The van der Waals surface area contributed by atoms with Crippen LogP contribution in [0.4, 0.5) is 0 Å². The second kappa shape index (κ2) is 3.66. The molecular formula is C7H12N2S. The number of nitrogens with zero attached hydrogens (tertiary/aromatic N) is 1. The lowest BCUT2D eigenvalue weighted by Gasteiger charge is -2.14. The highest BCUT2D eigenvalue weighted by Gasteiger charge is 2.04. The molecule has 0 aromatic rings. The topological polar surface area (TPSA) is 24.4 Å². The van der Waals surface area contributed by atoms with Crippen molar-refractivity contribution in [2.24, 2.45) is 4.99 Å². The molecule has 1 heterocycles. The summed E-state index contributed by atoms with van der Waals surface area (Å²) < 4.78 is 0. The van der Waals surface area contributed by atoms with Crippen LogP contribution in [0.5, 0.6) is 0 Å². The summed E-state index contributed by atoms with van der Waals surface area (Å²) in [4.78, 5) is 4.04. The van der Waals surface area contributed by atoms with E-state index in [4.69, 9.17) is 0 Å². The quantitative estimate of drug-likeness (QED) is 0.623. The Morgan fingerprint density at radius 3 is 3.00 bits per heavy atom. The van der Waals surface area contributed by atoms with Crippen molar-refractivity contribution in [2.75, 3.05) is 13.6 Å². The fraction of sp³-hybridized carbons (Fsp3) is 0.571. The van der Waals surface area contributed by atoms with Crippen LogP contribution in [0.3, 0.4) is 0 Å². The van der Waals surface area contributed by atoms with E-state index in [-0.39, 0.29) is 0 Å². The van der Waals surface area contributed by atoms with E-state index < -0.39 is 0 Å². The van der Waals surface area contributed by atoms with Crippen LogP contribution in [0.2, 0.25) is 0 Å². The van der Waals surface area contributed by atoms with Gasteiger partial charge < -0.3 is 5.32 Å². The fourth-order valence-electron chi connectivity index (χ4n) is 0.752. The zero-order chi connectivity index (χ0) is 7.40. The molecule has 3 heteroatoms. The molecule has 2 nitrogen and oxygen atoms in total. The molecular weight excluding hydrogens is 144 g/mol. The van der Waals surface area contributed by atoms with Crippen LogP contribution in [0.1, 0.15) is 13.3 Å². The molecule has 0 atom stereocenters. The molecule has 0 radical (unpaired) electrons. The molecule has 0 bridgehead atoms. The molecule has 0 fully saturated rings. The SMILES string of the molecule is CCC1=CSC(=NC)NC1. The molecule has 1 aliphatic heterocycles. The van der Waals surface area contributed by atoms with Crippen molar-refractivity contribution in [3.63, 3.8) is 0 Å². The maximum Gasteiger partial charge on any atom is 0.160 e. The first-order valence-corrected chi connectivity index (χ1v) is 4.30. The van der Waals surface area contributed by atoms with Crippen LogP contribution in [0.25, 0.3) is 0 Å². The van der Waals surface area contributed by atoms with Gasteiger partial charge in [-0.15, -0.1) is 0 Å². The van der Waals surface area contributed by atoms with Gasteiger partial charge in [0.2, 0.25) is 0 Å². The molecule has 0 amide bonds. The van der Waals surface area contributed by atoms with E-state index in [9.17, 15) is 0 Å². The molecule has 0 aromatic heterocycles. The normalized spacial score (nSPS) is 22.2. The van der Waals surface area contributed by atoms with Gasteiger partial charge >= 0.3 is 0 Å². The predicted molar refractivity (Wildman–Crippen MR) is 47.3 cm³/mol. The minimum Gasteiger partial charge on any atom is -0.361 e. The number of thioether (sulfide) groups is 1. The first kappa shape index (κ1) is 7.66. The molecule has 0 saturated carbocycles. The summed E-state index contributed by atoms with van der Waals surface area (Å²) in [5.74, 6) is 0. The van der Waals surface area contributed by atoms with E-state index in [2.05, 4.69) is 22.6 Å². The Bertz CT molecular complexity index is 172. The Hall–Kier alpha value is -0.440. The van der Waals surface area contributed by atoms with Crippen molar-refractivity contribution in [3.05, 3.63) is 11.0 Å².